The second-order valence-corrected chi connectivity index (χ2v) is 6.44. The van der Waals surface area contributed by atoms with Crippen molar-refractivity contribution in [2.45, 2.75) is 19.9 Å². The third-order valence-corrected chi connectivity index (χ3v) is 4.08. The van der Waals surface area contributed by atoms with Crippen LogP contribution in [0.2, 0.25) is 0 Å². The largest absolute Gasteiger partial charge is 0.476 e. The molecule has 3 rings (SSSR count). The summed E-state index contributed by atoms with van der Waals surface area (Å²) >= 11 is 0. The summed E-state index contributed by atoms with van der Waals surface area (Å²) in [6.45, 7) is 3.98. The number of nitrogen functional groups attached to an aromatic ring is 1. The van der Waals surface area contributed by atoms with Gasteiger partial charge in [0.15, 0.2) is 0 Å². The molecule has 2 aromatic heterocycles. The molecule has 9 heteroatoms. The van der Waals surface area contributed by atoms with E-state index in [1.165, 1.54) is 0 Å². The molecule has 144 valence electrons. The molecule has 0 atom stereocenters. The summed E-state index contributed by atoms with van der Waals surface area (Å²) in [5, 5.41) is 0. The highest BCUT2D eigenvalue weighted by atomic mass is 16.5. The number of fused-ring (bicyclic) bond motifs is 1. The second kappa shape index (κ2) is 8.17. The van der Waals surface area contributed by atoms with Crippen LogP contribution in [0.5, 0.6) is 11.9 Å². The van der Waals surface area contributed by atoms with Gasteiger partial charge < -0.3 is 20.1 Å². The number of amides is 1. The summed E-state index contributed by atoms with van der Waals surface area (Å²) < 4.78 is 10.9. The standard InChI is InChI=1S/C18H24N6O3/c1-4-26-18-21-16(19)13-9-15(25)24(17(13)22-18)11-12-5-6-14(20-10-12)27-8-7-23(2)3/h5-6,10H,4,7-9,11H2,1-3H3,(H2,19,21,22). The summed E-state index contributed by atoms with van der Waals surface area (Å²) in [6.07, 6.45) is 1.89. The van der Waals surface area contributed by atoms with Crippen molar-refractivity contribution in [1.82, 2.24) is 19.9 Å². The van der Waals surface area contributed by atoms with Crippen molar-refractivity contribution < 1.29 is 14.3 Å². The summed E-state index contributed by atoms with van der Waals surface area (Å²) in [5.74, 6) is 1.26. The van der Waals surface area contributed by atoms with Crippen LogP contribution < -0.4 is 20.1 Å². The van der Waals surface area contributed by atoms with Crippen LogP contribution in [0.3, 0.4) is 0 Å². The van der Waals surface area contributed by atoms with Gasteiger partial charge in [-0.15, -0.1) is 0 Å². The highest BCUT2D eigenvalue weighted by molar-refractivity contribution is 6.01. The minimum Gasteiger partial charge on any atom is -0.476 e. The molecular weight excluding hydrogens is 348 g/mol. The van der Waals surface area contributed by atoms with E-state index in [4.69, 9.17) is 15.2 Å². The Hall–Kier alpha value is -2.94. The van der Waals surface area contributed by atoms with Crippen LogP contribution >= 0.6 is 0 Å². The normalized spacial score (nSPS) is 13.2. The number of pyridine rings is 1. The molecule has 0 spiro atoms. The van der Waals surface area contributed by atoms with E-state index in [1.54, 1.807) is 17.2 Å². The number of carbonyl (C=O) groups is 1. The van der Waals surface area contributed by atoms with E-state index in [0.717, 1.165) is 12.1 Å². The maximum absolute atomic E-state index is 12.4. The smallest absolute Gasteiger partial charge is 0.320 e. The minimum absolute atomic E-state index is 0.0778. The molecule has 0 saturated heterocycles. The van der Waals surface area contributed by atoms with Crippen molar-refractivity contribution in [1.29, 1.82) is 0 Å². The Labute approximate surface area is 158 Å². The number of anilines is 2. The molecule has 3 heterocycles. The first-order valence-corrected chi connectivity index (χ1v) is 8.80. The van der Waals surface area contributed by atoms with E-state index < -0.39 is 0 Å². The van der Waals surface area contributed by atoms with Crippen molar-refractivity contribution >= 4 is 17.5 Å². The number of hydrogen-bond donors (Lipinski definition) is 1. The molecule has 0 bridgehead atoms. The monoisotopic (exact) mass is 372 g/mol. The highest BCUT2D eigenvalue weighted by Crippen LogP contribution is 2.33. The quantitative estimate of drug-likeness (QED) is 0.728. The Morgan fingerprint density at radius 1 is 1.26 bits per heavy atom. The molecule has 0 aliphatic carbocycles. The average molecular weight is 372 g/mol. The van der Waals surface area contributed by atoms with Gasteiger partial charge in [0.2, 0.25) is 11.8 Å². The van der Waals surface area contributed by atoms with E-state index in [0.29, 0.717) is 37.0 Å². The zero-order valence-electron chi connectivity index (χ0n) is 15.8. The Morgan fingerprint density at radius 2 is 2.07 bits per heavy atom. The Morgan fingerprint density at radius 3 is 2.74 bits per heavy atom. The van der Waals surface area contributed by atoms with E-state index in [-0.39, 0.29) is 24.2 Å². The van der Waals surface area contributed by atoms with Gasteiger partial charge in [0.1, 0.15) is 18.2 Å². The summed E-state index contributed by atoms with van der Waals surface area (Å²) in [5.41, 5.74) is 7.47. The molecule has 0 unspecified atom stereocenters. The maximum atomic E-state index is 12.4. The van der Waals surface area contributed by atoms with E-state index in [1.807, 2.05) is 32.0 Å². The maximum Gasteiger partial charge on any atom is 0.320 e. The molecule has 2 aromatic rings. The number of rotatable bonds is 8. The van der Waals surface area contributed by atoms with Gasteiger partial charge in [-0.2, -0.15) is 9.97 Å². The van der Waals surface area contributed by atoms with Crippen molar-refractivity contribution in [3.8, 4) is 11.9 Å². The molecular formula is C18H24N6O3. The molecule has 0 fully saturated rings. The predicted octanol–water partition coefficient (Wildman–Crippen LogP) is 0.882. The number of carbonyl (C=O) groups excluding carboxylic acids is 1. The van der Waals surface area contributed by atoms with Gasteiger partial charge in [-0.05, 0) is 26.6 Å². The van der Waals surface area contributed by atoms with Crippen LogP contribution in [0, 0.1) is 0 Å². The van der Waals surface area contributed by atoms with Crippen LogP contribution in [0.15, 0.2) is 18.3 Å². The van der Waals surface area contributed by atoms with Crippen LogP contribution in [-0.2, 0) is 17.8 Å². The van der Waals surface area contributed by atoms with Crippen LogP contribution in [0.25, 0.3) is 0 Å². The van der Waals surface area contributed by atoms with E-state index >= 15 is 0 Å². The molecule has 9 nitrogen and oxygen atoms in total. The Kier molecular flexibility index (Phi) is 5.70. The first-order valence-electron chi connectivity index (χ1n) is 8.80. The Balaban J connectivity index is 1.72. The third kappa shape index (κ3) is 4.43. The number of nitrogens with two attached hydrogens (primary N) is 1. The molecule has 2 N–H and O–H groups in total. The van der Waals surface area contributed by atoms with Crippen molar-refractivity contribution in [2.24, 2.45) is 0 Å². The topological polar surface area (TPSA) is 107 Å². The van der Waals surface area contributed by atoms with Crippen molar-refractivity contribution in [3.63, 3.8) is 0 Å². The van der Waals surface area contributed by atoms with Gasteiger partial charge in [-0.1, -0.05) is 6.07 Å². The van der Waals surface area contributed by atoms with Crippen LogP contribution in [0.1, 0.15) is 18.1 Å². The average Bonchev–Trinajstić information content (AvgIpc) is 2.93. The lowest BCUT2D eigenvalue weighted by Gasteiger charge is -2.17. The van der Waals surface area contributed by atoms with Crippen molar-refractivity contribution in [3.05, 3.63) is 29.5 Å². The van der Waals surface area contributed by atoms with Crippen molar-refractivity contribution in [2.75, 3.05) is 44.5 Å². The first kappa shape index (κ1) is 18.8. The highest BCUT2D eigenvalue weighted by Gasteiger charge is 2.32. The van der Waals surface area contributed by atoms with E-state index in [2.05, 4.69) is 15.0 Å². The fourth-order valence-electron chi connectivity index (χ4n) is 2.69. The number of likely N-dealkylation sites (N-methyl/N-ethyl adjacent to an activating group) is 1. The van der Waals surface area contributed by atoms with Crippen LogP contribution in [-0.4, -0.2) is 59.6 Å². The molecule has 0 saturated carbocycles. The minimum atomic E-state index is -0.0778. The van der Waals surface area contributed by atoms with Gasteiger partial charge in [0.05, 0.1) is 19.6 Å². The molecule has 1 amide bonds. The molecule has 1 aliphatic heterocycles. The molecule has 0 aromatic carbocycles. The summed E-state index contributed by atoms with van der Waals surface area (Å²) in [4.78, 5) is 28.8. The van der Waals surface area contributed by atoms with E-state index in [9.17, 15) is 4.79 Å². The number of hydrogen-bond acceptors (Lipinski definition) is 8. The second-order valence-electron chi connectivity index (χ2n) is 6.44. The Bertz CT molecular complexity index is 809. The number of aromatic nitrogens is 3. The first-order chi connectivity index (χ1) is 13.0. The number of nitrogens with zero attached hydrogens (tertiary/aromatic N) is 5. The summed E-state index contributed by atoms with van der Waals surface area (Å²) in [7, 11) is 3.97. The molecule has 0 radical (unpaired) electrons. The fourth-order valence-corrected chi connectivity index (χ4v) is 2.69. The lowest BCUT2D eigenvalue weighted by atomic mass is 10.2. The lowest BCUT2D eigenvalue weighted by Crippen LogP contribution is -2.26. The zero-order valence-corrected chi connectivity index (χ0v) is 15.8. The van der Waals surface area contributed by atoms with Crippen LogP contribution in [0.4, 0.5) is 11.6 Å². The van der Waals surface area contributed by atoms with Gasteiger partial charge in [-0.3, -0.25) is 9.69 Å². The predicted molar refractivity (Wildman–Crippen MR) is 101 cm³/mol. The number of ether oxygens (including phenoxy) is 2. The van der Waals surface area contributed by atoms with Gasteiger partial charge in [-0.25, -0.2) is 4.98 Å². The molecule has 1 aliphatic rings. The SMILES string of the molecule is CCOc1nc(N)c2c(n1)N(Cc1ccc(OCCN(C)C)nc1)C(=O)C2. The third-order valence-electron chi connectivity index (χ3n) is 4.08. The van der Waals surface area contributed by atoms with Gasteiger partial charge in [0.25, 0.3) is 0 Å². The molecule has 27 heavy (non-hydrogen) atoms. The van der Waals surface area contributed by atoms with Gasteiger partial charge in [0, 0.05) is 24.4 Å². The summed E-state index contributed by atoms with van der Waals surface area (Å²) in [6, 6.07) is 3.86. The zero-order chi connectivity index (χ0) is 19.4. The lowest BCUT2D eigenvalue weighted by molar-refractivity contribution is -0.117. The van der Waals surface area contributed by atoms with Gasteiger partial charge >= 0.3 is 6.01 Å². The fraction of sp³-hybridized carbons (Fsp3) is 0.444.